The summed E-state index contributed by atoms with van der Waals surface area (Å²) >= 11 is 9.73. The van der Waals surface area contributed by atoms with Crippen LogP contribution in [0.4, 0.5) is 0 Å². The van der Waals surface area contributed by atoms with E-state index in [1.807, 2.05) is 43.3 Å². The van der Waals surface area contributed by atoms with Gasteiger partial charge in [0.15, 0.2) is 11.5 Å². The van der Waals surface area contributed by atoms with E-state index in [0.717, 1.165) is 15.6 Å². The molecule has 2 aromatic carbocycles. The van der Waals surface area contributed by atoms with Gasteiger partial charge in [-0.1, -0.05) is 45.7 Å². The Morgan fingerprint density at radius 3 is 2.58 bits per heavy atom. The average molecular weight is 415 g/mol. The van der Waals surface area contributed by atoms with Crippen molar-refractivity contribution >= 4 is 27.5 Å². The van der Waals surface area contributed by atoms with Crippen molar-refractivity contribution in [2.45, 2.75) is 20.1 Å². The first-order valence-corrected chi connectivity index (χ1v) is 8.95. The van der Waals surface area contributed by atoms with E-state index in [2.05, 4.69) is 21.2 Å². The summed E-state index contributed by atoms with van der Waals surface area (Å²) in [7, 11) is 0. The Balaban J connectivity index is 2.15. The molecule has 0 saturated heterocycles. The van der Waals surface area contributed by atoms with Crippen molar-refractivity contribution in [2.24, 2.45) is 0 Å². The van der Waals surface area contributed by atoms with E-state index in [0.29, 0.717) is 42.8 Å². The number of aliphatic hydroxyl groups is 1. The predicted molar refractivity (Wildman–Crippen MR) is 99.9 cm³/mol. The number of hydrogen-bond donors (Lipinski definition) is 2. The van der Waals surface area contributed by atoms with Crippen LogP contribution in [-0.4, -0.2) is 24.9 Å². The van der Waals surface area contributed by atoms with Gasteiger partial charge in [0.05, 0.1) is 13.2 Å². The second-order valence-electron chi connectivity index (χ2n) is 5.10. The minimum absolute atomic E-state index is 0.106. The summed E-state index contributed by atoms with van der Waals surface area (Å²) in [4.78, 5) is 0. The van der Waals surface area contributed by atoms with Crippen molar-refractivity contribution in [3.63, 3.8) is 0 Å². The maximum Gasteiger partial charge on any atom is 0.162 e. The van der Waals surface area contributed by atoms with Crippen LogP contribution in [0.3, 0.4) is 0 Å². The lowest BCUT2D eigenvalue weighted by Gasteiger charge is -2.16. The van der Waals surface area contributed by atoms with Crippen LogP contribution in [0.25, 0.3) is 0 Å². The summed E-state index contributed by atoms with van der Waals surface area (Å²) in [6, 6.07) is 11.4. The number of hydrogen-bond acceptors (Lipinski definition) is 4. The molecule has 2 rings (SSSR count). The Labute approximate surface area is 155 Å². The smallest absolute Gasteiger partial charge is 0.162 e. The van der Waals surface area contributed by atoms with E-state index in [-0.39, 0.29) is 6.61 Å². The molecular weight excluding hydrogens is 394 g/mol. The quantitative estimate of drug-likeness (QED) is 0.605. The van der Waals surface area contributed by atoms with E-state index < -0.39 is 0 Å². The monoisotopic (exact) mass is 413 g/mol. The van der Waals surface area contributed by atoms with Crippen LogP contribution in [0.2, 0.25) is 5.02 Å². The van der Waals surface area contributed by atoms with E-state index in [4.69, 9.17) is 26.2 Å². The second kappa shape index (κ2) is 9.89. The predicted octanol–water partition coefficient (Wildman–Crippen LogP) is 4.16. The summed E-state index contributed by atoms with van der Waals surface area (Å²) in [6.07, 6.45) is 0. The molecule has 4 nitrogen and oxygen atoms in total. The molecule has 0 heterocycles. The maximum atomic E-state index is 8.87. The van der Waals surface area contributed by atoms with E-state index >= 15 is 0 Å². The Hall–Kier alpha value is -1.27. The van der Waals surface area contributed by atoms with E-state index in [1.165, 1.54) is 0 Å². The molecule has 0 aromatic heterocycles. The van der Waals surface area contributed by atoms with Gasteiger partial charge in [0.25, 0.3) is 0 Å². The number of benzene rings is 2. The second-order valence-corrected chi connectivity index (χ2v) is 6.37. The molecule has 130 valence electrons. The van der Waals surface area contributed by atoms with Crippen LogP contribution in [0.5, 0.6) is 11.5 Å². The van der Waals surface area contributed by atoms with Gasteiger partial charge in [0.1, 0.15) is 6.61 Å². The molecule has 6 heteroatoms. The zero-order chi connectivity index (χ0) is 17.4. The minimum Gasteiger partial charge on any atom is -0.490 e. The third kappa shape index (κ3) is 5.38. The number of aliphatic hydroxyl groups excluding tert-OH is 1. The fourth-order valence-corrected chi connectivity index (χ4v) is 2.82. The lowest BCUT2D eigenvalue weighted by molar-refractivity contribution is 0.268. The Kier molecular flexibility index (Phi) is 7.85. The topological polar surface area (TPSA) is 50.7 Å². The molecule has 0 bridgehead atoms. The van der Waals surface area contributed by atoms with Gasteiger partial charge in [-0.05, 0) is 30.7 Å². The fourth-order valence-electron chi connectivity index (χ4n) is 2.17. The minimum atomic E-state index is 0.106. The lowest BCUT2D eigenvalue weighted by atomic mass is 10.2. The van der Waals surface area contributed by atoms with Gasteiger partial charge < -0.3 is 19.9 Å². The lowest BCUT2D eigenvalue weighted by Crippen LogP contribution is -2.17. The molecule has 24 heavy (non-hydrogen) atoms. The molecule has 0 radical (unpaired) electrons. The van der Waals surface area contributed by atoms with Gasteiger partial charge in [-0.25, -0.2) is 0 Å². The van der Waals surface area contributed by atoms with Crippen molar-refractivity contribution in [1.82, 2.24) is 5.32 Å². The average Bonchev–Trinajstić information content (AvgIpc) is 2.57. The fraction of sp³-hybridized carbons (Fsp3) is 0.333. The molecule has 0 aliphatic carbocycles. The van der Waals surface area contributed by atoms with Crippen molar-refractivity contribution < 1.29 is 14.6 Å². The van der Waals surface area contributed by atoms with Gasteiger partial charge in [-0.15, -0.1) is 0 Å². The van der Waals surface area contributed by atoms with Crippen LogP contribution < -0.4 is 14.8 Å². The Morgan fingerprint density at radius 1 is 1.12 bits per heavy atom. The molecule has 0 aliphatic heterocycles. The first-order chi connectivity index (χ1) is 11.7. The van der Waals surface area contributed by atoms with Crippen LogP contribution in [0.15, 0.2) is 40.9 Å². The Morgan fingerprint density at radius 2 is 1.88 bits per heavy atom. The van der Waals surface area contributed by atoms with Gasteiger partial charge in [-0.2, -0.15) is 0 Å². The van der Waals surface area contributed by atoms with Crippen molar-refractivity contribution in [2.75, 3.05) is 19.8 Å². The van der Waals surface area contributed by atoms with E-state index in [9.17, 15) is 0 Å². The third-order valence-corrected chi connectivity index (χ3v) is 4.46. The highest BCUT2D eigenvalue weighted by molar-refractivity contribution is 9.10. The SMILES string of the molecule is CCOc1cc(CNCCO)c(Br)cc1OCc1ccccc1Cl. The molecule has 0 amide bonds. The molecule has 0 fully saturated rings. The first-order valence-electron chi connectivity index (χ1n) is 7.78. The third-order valence-electron chi connectivity index (χ3n) is 3.36. The van der Waals surface area contributed by atoms with Crippen LogP contribution in [-0.2, 0) is 13.2 Å². The normalized spacial score (nSPS) is 10.7. The van der Waals surface area contributed by atoms with Crippen molar-refractivity contribution in [3.05, 3.63) is 57.0 Å². The standard InChI is InChI=1S/C18H21BrClNO3/c1-2-23-17-9-14(11-21-7-8-22)15(19)10-18(17)24-12-13-5-3-4-6-16(13)20/h3-6,9-10,21-22H,2,7-8,11-12H2,1H3. The molecule has 0 atom stereocenters. The number of rotatable bonds is 9. The Bertz CT molecular complexity index is 667. The summed E-state index contributed by atoms with van der Waals surface area (Å²) < 4.78 is 12.5. The highest BCUT2D eigenvalue weighted by Gasteiger charge is 2.12. The molecule has 2 aromatic rings. The molecule has 0 unspecified atom stereocenters. The summed E-state index contributed by atoms with van der Waals surface area (Å²) in [6.45, 7) is 4.13. The summed E-state index contributed by atoms with van der Waals surface area (Å²) in [5, 5.41) is 12.7. The highest BCUT2D eigenvalue weighted by Crippen LogP contribution is 2.34. The largest absolute Gasteiger partial charge is 0.490 e. The zero-order valence-corrected chi connectivity index (χ0v) is 15.9. The molecule has 0 spiro atoms. The number of halogens is 2. The highest BCUT2D eigenvalue weighted by atomic mass is 79.9. The molecule has 0 saturated carbocycles. The molecule has 0 aliphatic rings. The van der Waals surface area contributed by atoms with Crippen LogP contribution >= 0.6 is 27.5 Å². The molecular formula is C18H21BrClNO3. The van der Waals surface area contributed by atoms with Gasteiger partial charge in [-0.3, -0.25) is 0 Å². The van der Waals surface area contributed by atoms with Crippen molar-refractivity contribution in [3.8, 4) is 11.5 Å². The van der Waals surface area contributed by atoms with Crippen LogP contribution in [0.1, 0.15) is 18.1 Å². The number of nitrogens with one attached hydrogen (secondary N) is 1. The maximum absolute atomic E-state index is 8.87. The van der Waals surface area contributed by atoms with Gasteiger partial charge in [0.2, 0.25) is 0 Å². The zero-order valence-electron chi connectivity index (χ0n) is 13.5. The summed E-state index contributed by atoms with van der Waals surface area (Å²) in [5.41, 5.74) is 1.96. The number of ether oxygens (including phenoxy) is 2. The van der Waals surface area contributed by atoms with Gasteiger partial charge >= 0.3 is 0 Å². The van der Waals surface area contributed by atoms with Gasteiger partial charge in [0, 0.05) is 28.1 Å². The van der Waals surface area contributed by atoms with E-state index in [1.54, 1.807) is 0 Å². The summed E-state index contributed by atoms with van der Waals surface area (Å²) in [5.74, 6) is 1.35. The first kappa shape index (κ1) is 19.1. The molecule has 2 N–H and O–H groups in total. The van der Waals surface area contributed by atoms with Crippen LogP contribution in [0, 0.1) is 0 Å². The van der Waals surface area contributed by atoms with Crippen molar-refractivity contribution in [1.29, 1.82) is 0 Å².